The lowest BCUT2D eigenvalue weighted by atomic mass is 9.97. The van der Waals surface area contributed by atoms with E-state index in [4.69, 9.17) is 4.74 Å². The molecule has 0 radical (unpaired) electrons. The normalized spacial score (nSPS) is 19.4. The minimum Gasteiger partial charge on any atom is -0.376 e. The van der Waals surface area contributed by atoms with E-state index >= 15 is 0 Å². The lowest BCUT2D eigenvalue weighted by Crippen LogP contribution is -2.36. The second kappa shape index (κ2) is 12.1. The number of benzene rings is 1. The third-order valence-electron chi connectivity index (χ3n) is 6.42. The number of unbranched alkanes of at least 4 members (excludes halogenated alkanes) is 3. The molecule has 1 atom stereocenters. The van der Waals surface area contributed by atoms with Gasteiger partial charge in [-0.3, -0.25) is 9.59 Å². The lowest BCUT2D eigenvalue weighted by Gasteiger charge is -2.33. The first kappa shape index (κ1) is 23.6. The number of piperidine rings is 1. The van der Waals surface area contributed by atoms with Crippen molar-refractivity contribution in [2.24, 2.45) is 5.92 Å². The Morgan fingerprint density at radius 3 is 2.65 bits per heavy atom. The summed E-state index contributed by atoms with van der Waals surface area (Å²) in [6, 6.07) is 5.75. The molecule has 0 unspecified atom stereocenters. The molecule has 0 saturated carbocycles. The first-order valence-corrected chi connectivity index (χ1v) is 12.2. The van der Waals surface area contributed by atoms with Gasteiger partial charge in [0.15, 0.2) is 0 Å². The van der Waals surface area contributed by atoms with Crippen molar-refractivity contribution in [1.29, 1.82) is 0 Å². The number of carbonyl (C=O) groups is 2. The Morgan fingerprint density at radius 1 is 1.13 bits per heavy atom. The number of ether oxygens (including phenoxy) is 1. The number of amides is 2. The number of hydrogen-bond acceptors (Lipinski definition) is 4. The number of nitrogens with one attached hydrogen (secondary N) is 2. The van der Waals surface area contributed by atoms with E-state index < -0.39 is 0 Å². The summed E-state index contributed by atoms with van der Waals surface area (Å²) in [7, 11) is 0. The van der Waals surface area contributed by atoms with Crippen LogP contribution in [0.4, 0.5) is 11.4 Å². The van der Waals surface area contributed by atoms with Gasteiger partial charge in [-0.2, -0.15) is 0 Å². The summed E-state index contributed by atoms with van der Waals surface area (Å²) >= 11 is 0. The van der Waals surface area contributed by atoms with E-state index in [9.17, 15) is 9.59 Å². The Hall–Kier alpha value is -2.08. The fourth-order valence-electron chi connectivity index (χ4n) is 4.36. The van der Waals surface area contributed by atoms with Crippen molar-refractivity contribution in [3.05, 3.63) is 23.8 Å². The van der Waals surface area contributed by atoms with Crippen LogP contribution < -0.4 is 15.5 Å². The zero-order valence-electron chi connectivity index (χ0n) is 19.3. The van der Waals surface area contributed by atoms with Gasteiger partial charge in [0.25, 0.3) is 5.91 Å². The minimum atomic E-state index is -0.0943. The minimum absolute atomic E-state index is 0.0152. The molecule has 0 aromatic heterocycles. The van der Waals surface area contributed by atoms with Crippen molar-refractivity contribution in [2.75, 3.05) is 36.5 Å². The topological polar surface area (TPSA) is 70.7 Å². The molecule has 0 bridgehead atoms. The Morgan fingerprint density at radius 2 is 1.94 bits per heavy atom. The van der Waals surface area contributed by atoms with Crippen molar-refractivity contribution < 1.29 is 14.3 Å². The van der Waals surface area contributed by atoms with Gasteiger partial charge in [0.05, 0.1) is 11.7 Å². The van der Waals surface area contributed by atoms with E-state index in [1.165, 1.54) is 0 Å². The highest BCUT2D eigenvalue weighted by Crippen LogP contribution is 2.29. The van der Waals surface area contributed by atoms with E-state index in [1.54, 1.807) is 0 Å². The summed E-state index contributed by atoms with van der Waals surface area (Å²) < 4.78 is 5.65. The second-order valence-electron chi connectivity index (χ2n) is 9.11. The van der Waals surface area contributed by atoms with Crippen LogP contribution in [-0.4, -0.2) is 44.2 Å². The van der Waals surface area contributed by atoms with Gasteiger partial charge < -0.3 is 20.3 Å². The third kappa shape index (κ3) is 7.23. The van der Waals surface area contributed by atoms with Gasteiger partial charge in [0.1, 0.15) is 0 Å². The van der Waals surface area contributed by atoms with Gasteiger partial charge in [-0.15, -0.1) is 0 Å². The molecular formula is C25H39N3O3. The standard InChI is InChI=1S/C25H39N3O3/c1-3-4-5-6-9-24(29)27-20-10-11-23(28-14-12-19(2)13-15-28)22(17-20)25(30)26-18-21-8-7-16-31-21/h10-11,17,19,21H,3-9,12-16,18H2,1-2H3,(H,26,30)(H,27,29)/t21-/m1/s1. The molecule has 31 heavy (non-hydrogen) atoms. The van der Waals surface area contributed by atoms with Crippen LogP contribution in [0.1, 0.15) is 82.0 Å². The number of carbonyl (C=O) groups excluding carboxylic acids is 2. The highest BCUT2D eigenvalue weighted by Gasteiger charge is 2.23. The summed E-state index contributed by atoms with van der Waals surface area (Å²) in [4.78, 5) is 27.7. The maximum Gasteiger partial charge on any atom is 0.253 e. The molecule has 2 saturated heterocycles. The van der Waals surface area contributed by atoms with E-state index in [1.807, 2.05) is 18.2 Å². The number of anilines is 2. The fourth-order valence-corrected chi connectivity index (χ4v) is 4.36. The van der Waals surface area contributed by atoms with E-state index in [2.05, 4.69) is 29.4 Å². The molecule has 2 heterocycles. The van der Waals surface area contributed by atoms with Crippen LogP contribution in [0, 0.1) is 5.92 Å². The predicted octanol–water partition coefficient (Wildman–Crippen LogP) is 4.74. The van der Waals surface area contributed by atoms with Crippen molar-refractivity contribution in [3.63, 3.8) is 0 Å². The highest BCUT2D eigenvalue weighted by molar-refractivity contribution is 6.02. The molecule has 2 amide bonds. The summed E-state index contributed by atoms with van der Waals surface area (Å²) in [6.07, 6.45) is 9.23. The first-order chi connectivity index (χ1) is 15.1. The average Bonchev–Trinajstić information content (AvgIpc) is 3.29. The summed E-state index contributed by atoms with van der Waals surface area (Å²) in [5.41, 5.74) is 2.28. The van der Waals surface area contributed by atoms with Crippen LogP contribution in [0.25, 0.3) is 0 Å². The van der Waals surface area contributed by atoms with Gasteiger partial charge in [-0.1, -0.05) is 33.1 Å². The summed E-state index contributed by atoms with van der Waals surface area (Å²) in [5.74, 6) is 0.642. The molecule has 6 nitrogen and oxygen atoms in total. The molecular weight excluding hydrogens is 390 g/mol. The molecule has 0 aliphatic carbocycles. The third-order valence-corrected chi connectivity index (χ3v) is 6.42. The summed E-state index contributed by atoms with van der Waals surface area (Å²) in [5, 5.41) is 6.04. The van der Waals surface area contributed by atoms with E-state index in [0.29, 0.717) is 24.2 Å². The van der Waals surface area contributed by atoms with Crippen molar-refractivity contribution >= 4 is 23.2 Å². The van der Waals surface area contributed by atoms with E-state index in [-0.39, 0.29) is 17.9 Å². The molecule has 3 rings (SSSR count). The second-order valence-corrected chi connectivity index (χ2v) is 9.11. The van der Waals surface area contributed by atoms with Crippen LogP contribution in [0.5, 0.6) is 0 Å². The molecule has 2 aliphatic heterocycles. The van der Waals surface area contributed by atoms with Crippen molar-refractivity contribution in [3.8, 4) is 0 Å². The van der Waals surface area contributed by atoms with Gasteiger partial charge >= 0.3 is 0 Å². The SMILES string of the molecule is CCCCCCC(=O)Nc1ccc(N2CCC(C)CC2)c(C(=O)NC[C@H]2CCCO2)c1. The van der Waals surface area contributed by atoms with Crippen LogP contribution in [-0.2, 0) is 9.53 Å². The predicted molar refractivity (Wildman–Crippen MR) is 126 cm³/mol. The molecule has 6 heteroatoms. The number of rotatable bonds is 10. The van der Waals surface area contributed by atoms with Crippen LogP contribution in [0.3, 0.4) is 0 Å². The zero-order valence-corrected chi connectivity index (χ0v) is 19.3. The quantitative estimate of drug-likeness (QED) is 0.527. The lowest BCUT2D eigenvalue weighted by molar-refractivity contribution is -0.116. The monoisotopic (exact) mass is 429 g/mol. The van der Waals surface area contributed by atoms with E-state index in [0.717, 1.165) is 82.7 Å². The largest absolute Gasteiger partial charge is 0.376 e. The van der Waals surface area contributed by atoms with Crippen LogP contribution >= 0.6 is 0 Å². The fraction of sp³-hybridized carbons (Fsp3) is 0.680. The molecule has 2 aliphatic rings. The molecule has 1 aromatic rings. The summed E-state index contributed by atoms with van der Waals surface area (Å²) in [6.45, 7) is 7.66. The molecule has 0 spiro atoms. The van der Waals surface area contributed by atoms with Crippen molar-refractivity contribution in [2.45, 2.75) is 77.7 Å². The maximum atomic E-state index is 13.1. The Balaban J connectivity index is 1.68. The van der Waals surface area contributed by atoms with Gasteiger partial charge in [-0.25, -0.2) is 0 Å². The van der Waals surface area contributed by atoms with Crippen molar-refractivity contribution in [1.82, 2.24) is 5.32 Å². The van der Waals surface area contributed by atoms with Gasteiger partial charge in [0, 0.05) is 44.0 Å². The number of nitrogens with zero attached hydrogens (tertiary/aromatic N) is 1. The number of hydrogen-bond donors (Lipinski definition) is 2. The molecule has 172 valence electrons. The Kier molecular flexibility index (Phi) is 9.19. The molecule has 1 aromatic carbocycles. The molecule has 2 N–H and O–H groups in total. The Labute approximate surface area is 187 Å². The maximum absolute atomic E-state index is 13.1. The first-order valence-electron chi connectivity index (χ1n) is 12.2. The van der Waals surface area contributed by atoms with Gasteiger partial charge in [0.2, 0.25) is 5.91 Å². The van der Waals surface area contributed by atoms with Crippen LogP contribution in [0.2, 0.25) is 0 Å². The molecule has 2 fully saturated rings. The zero-order chi connectivity index (χ0) is 22.1. The Bertz CT molecular complexity index is 723. The average molecular weight is 430 g/mol. The van der Waals surface area contributed by atoms with Crippen LogP contribution in [0.15, 0.2) is 18.2 Å². The van der Waals surface area contributed by atoms with Gasteiger partial charge in [-0.05, 0) is 56.2 Å². The highest BCUT2D eigenvalue weighted by atomic mass is 16.5. The smallest absolute Gasteiger partial charge is 0.253 e.